The van der Waals surface area contributed by atoms with Gasteiger partial charge in [-0.05, 0) is 426 Å². The molecule has 28 heteroatoms. The molecule has 0 radical (unpaired) electrons. The predicted octanol–water partition coefficient (Wildman–Crippen LogP) is 21.8. The quantitative estimate of drug-likeness (QED) is 0.0251. The van der Waals surface area contributed by atoms with E-state index >= 15 is 0 Å². The number of carboxylic acids is 4. The van der Waals surface area contributed by atoms with Gasteiger partial charge in [0.1, 0.15) is 12.4 Å². The van der Waals surface area contributed by atoms with Gasteiger partial charge < -0.3 is 89.2 Å². The fourth-order valence-corrected chi connectivity index (χ4v) is 40.4. The lowest BCUT2D eigenvalue weighted by atomic mass is 9.41. The molecule has 0 bridgehead atoms. The van der Waals surface area contributed by atoms with Crippen LogP contribution < -0.4 is 18.9 Å². The van der Waals surface area contributed by atoms with Crippen LogP contribution in [0.5, 0.6) is 23.2 Å². The third-order valence-electron chi connectivity index (χ3n) is 46.9. The maximum atomic E-state index is 11.9. The Hall–Kier alpha value is -5.98. The van der Waals surface area contributed by atoms with Gasteiger partial charge in [-0.2, -0.15) is 9.47 Å². The number of oxazole rings is 1. The highest BCUT2D eigenvalue weighted by Crippen LogP contribution is 2.76. The minimum Gasteiger partial charge on any atom is -0.490 e. The number of fused-ring (bicyclic) bond motifs is 20. The second-order valence-electron chi connectivity index (χ2n) is 52.3. The molecule has 4 heterocycles. The van der Waals surface area contributed by atoms with Crippen molar-refractivity contribution in [2.24, 2.45) is 209 Å². The first-order valence-corrected chi connectivity index (χ1v) is 58.0. The standard InChI is InChI=1S/C29H46N2O5.2C29H45NO6.C29H45NO5S/c1-5-18-22-14-17(32)8-11-29(22,4)21-9-12-28(3)19(6-7-20(28)24(21)26(18)33)16(2)10-13-36-23-15-30-31-25(23)27(34)35;1-5-18-22-14-17(31)8-11-29(22,4)21-9-12-28(3)19(6-7-20(28)24(21)25(18)32)16(2)10-13-35-23-15-30-26(36-23)27(33)34;2*1-5-18-22-14-17(31)8-11-29(22,4)21-9-12-28(3)19(6-7-20(28)24(21)25(18)32)16(2)10-13-35-23-15-30-36-26(23)27(33)34/h15-22,24,26,32-33H,5-14H2,1-4H3,(H,30,31)(H,34,35);3*15-22,24-25,31-32H,5-14H2,1-4H3,(H,33,34)/t16-,17-,18-,19-,20+,21+,22+,24+,26-,28-,29-;3*16-,17-,18-,19-,20+,21+,22+,24+,25-,28-,29-/m1111/s1. The van der Waals surface area contributed by atoms with E-state index in [9.17, 15) is 75.3 Å². The molecule has 0 amide bonds. The molecule has 20 rings (SSSR count). The number of aromatic nitrogens is 5. The zero-order valence-corrected chi connectivity index (χ0v) is 90.3. The molecule has 0 unspecified atom stereocenters. The van der Waals surface area contributed by atoms with E-state index in [-0.39, 0.29) is 144 Å². The number of rotatable bonds is 28. The van der Waals surface area contributed by atoms with Crippen LogP contribution in [0, 0.1) is 209 Å². The van der Waals surface area contributed by atoms with Crippen LogP contribution in [0.4, 0.5) is 0 Å². The van der Waals surface area contributed by atoms with Crippen LogP contribution in [-0.4, -0.2) is 185 Å². The Morgan fingerprint density at radius 1 is 0.368 bits per heavy atom. The molecule has 144 heavy (non-hydrogen) atoms. The summed E-state index contributed by atoms with van der Waals surface area (Å²) in [6, 6.07) is 0. The highest BCUT2D eigenvalue weighted by atomic mass is 32.1. The molecular formula is C116H181N5O22S. The van der Waals surface area contributed by atoms with Crippen molar-refractivity contribution in [1.82, 2.24) is 24.7 Å². The van der Waals surface area contributed by atoms with Crippen LogP contribution in [0.3, 0.4) is 0 Å². The summed E-state index contributed by atoms with van der Waals surface area (Å²) in [5, 5.41) is 136. The lowest BCUT2D eigenvalue weighted by Crippen LogP contribution is -2.62. The van der Waals surface area contributed by atoms with E-state index in [0.717, 1.165) is 140 Å². The lowest BCUT2D eigenvalue weighted by molar-refractivity contribution is -0.203. The van der Waals surface area contributed by atoms with Crippen molar-refractivity contribution < 1.29 is 108 Å². The van der Waals surface area contributed by atoms with Crippen molar-refractivity contribution in [1.29, 1.82) is 0 Å². The highest BCUT2D eigenvalue weighted by molar-refractivity contribution is 7.08. The Kier molecular flexibility index (Phi) is 32.8. The summed E-state index contributed by atoms with van der Waals surface area (Å²) in [5.74, 6) is 8.96. The van der Waals surface area contributed by atoms with Crippen LogP contribution in [0.1, 0.15) is 383 Å². The first-order chi connectivity index (χ1) is 68.4. The van der Waals surface area contributed by atoms with E-state index < -0.39 is 23.9 Å². The smallest absolute Gasteiger partial charge is 0.392 e. The average Bonchev–Trinajstić information content (AvgIpc) is 1.72. The van der Waals surface area contributed by atoms with Gasteiger partial charge in [-0.3, -0.25) is 5.10 Å². The van der Waals surface area contributed by atoms with Crippen molar-refractivity contribution in [2.45, 2.75) is 391 Å². The van der Waals surface area contributed by atoms with E-state index in [1.54, 1.807) is 0 Å². The first kappa shape index (κ1) is 109. The molecule has 0 spiro atoms. The van der Waals surface area contributed by atoms with Gasteiger partial charge in [0.15, 0.2) is 27.8 Å². The number of carbonyl (C=O) groups is 4. The Labute approximate surface area is 859 Å². The number of hydrogen-bond acceptors (Lipinski definition) is 23. The van der Waals surface area contributed by atoms with Gasteiger partial charge in [0, 0.05) is 0 Å². The molecule has 16 aliphatic carbocycles. The van der Waals surface area contributed by atoms with Crippen LogP contribution in [0.2, 0.25) is 0 Å². The summed E-state index contributed by atoms with van der Waals surface area (Å²) in [5.41, 5.74) is 1.81. The van der Waals surface area contributed by atoms with Gasteiger partial charge >= 0.3 is 35.7 Å². The third kappa shape index (κ3) is 19.5. The fourth-order valence-electron chi connectivity index (χ4n) is 39.9. The second kappa shape index (κ2) is 43.3. The van der Waals surface area contributed by atoms with Gasteiger partial charge in [-0.15, -0.1) is 0 Å². The van der Waals surface area contributed by atoms with Gasteiger partial charge in [0.05, 0.1) is 87.7 Å². The normalized spacial score (nSPS) is 44.8. The Morgan fingerprint density at radius 2 is 0.681 bits per heavy atom. The third-order valence-corrected chi connectivity index (χ3v) is 47.6. The number of carboxylic acid groups (broad SMARTS) is 4. The van der Waals surface area contributed by atoms with Crippen LogP contribution >= 0.6 is 11.5 Å². The number of nitrogens with one attached hydrogen (secondary N) is 1. The highest BCUT2D eigenvalue weighted by Gasteiger charge is 2.71. The average molecular weight is 2030 g/mol. The number of H-pyrrole nitrogens is 1. The molecule has 0 aromatic carbocycles. The predicted molar refractivity (Wildman–Crippen MR) is 546 cm³/mol. The SMILES string of the molecule is CC[C@H]1[C@@H](O)[C@@H]2[C@H](CC[C@]3(C)[C@@H]([C@H](C)CCOc4cn[nH]c4C(=O)O)CC[C@@H]23)[C@@]2(C)CC[C@@H](O)C[C@@H]12.CC[C@H]1[C@@H](O)[C@@H]2[C@H](CC[C@]3(C)[C@@H]([C@H](C)CCOc4cnc(C(=O)O)o4)CC[C@@H]23)[C@@]2(C)CC[C@@H](O)C[C@@H]12.CC[C@H]1[C@@H](O)[C@@H]2[C@H](CC[C@]3(C)[C@@H]([C@H](C)CCOc4cnoc4C(=O)O)CC[C@@H]23)[C@@]2(C)CC[C@@H](O)C[C@@H]12.CC[C@H]1[C@@H](O)[C@@H]2[C@H](CC[C@]3(C)[C@@H]([C@H](C)CCOc4cnsc4C(=O)O)CC[C@@H]23)[C@@]2(C)CC[C@@H](O)C[C@@H]12. The molecule has 808 valence electrons. The van der Waals surface area contributed by atoms with E-state index in [0.29, 0.717) is 186 Å². The van der Waals surface area contributed by atoms with Gasteiger partial charge in [-0.25, -0.2) is 24.2 Å². The van der Waals surface area contributed by atoms with Crippen molar-refractivity contribution in [2.75, 3.05) is 26.4 Å². The van der Waals surface area contributed by atoms with E-state index in [4.69, 9.17) is 33.0 Å². The molecule has 44 atom stereocenters. The number of aliphatic hydroxyl groups excluding tert-OH is 8. The van der Waals surface area contributed by atoms with Crippen LogP contribution in [0.25, 0.3) is 0 Å². The number of aromatic carboxylic acids is 4. The summed E-state index contributed by atoms with van der Waals surface area (Å²) in [7, 11) is 0. The van der Waals surface area contributed by atoms with Crippen molar-refractivity contribution in [3.05, 3.63) is 47.0 Å². The summed E-state index contributed by atoms with van der Waals surface area (Å²) in [4.78, 5) is 48.8. The molecule has 4 aromatic heterocycles. The summed E-state index contributed by atoms with van der Waals surface area (Å²) in [6.45, 7) is 40.0. The molecular weight excluding hydrogens is 1850 g/mol. The lowest BCUT2D eigenvalue weighted by Gasteiger charge is -2.64. The van der Waals surface area contributed by atoms with E-state index in [1.807, 2.05) is 0 Å². The number of ether oxygens (including phenoxy) is 4. The van der Waals surface area contributed by atoms with E-state index in [1.165, 1.54) is 128 Å². The zero-order valence-electron chi connectivity index (χ0n) is 89.5. The van der Waals surface area contributed by atoms with E-state index in [2.05, 4.69) is 135 Å². The fraction of sp³-hybridized carbons (Fsp3) is 0.862. The number of aromatic amines is 1. The van der Waals surface area contributed by atoms with Gasteiger partial charge in [-0.1, -0.05) is 142 Å². The maximum Gasteiger partial charge on any atom is 0.392 e. The molecule has 16 aliphatic rings. The molecule has 27 nitrogen and oxygen atoms in total. The molecule has 16 fully saturated rings. The monoisotopic (exact) mass is 2030 g/mol. The number of aliphatic hydroxyl groups is 8. The Bertz CT molecular complexity index is 4640. The van der Waals surface area contributed by atoms with Crippen molar-refractivity contribution in [3.8, 4) is 23.2 Å². The summed E-state index contributed by atoms with van der Waals surface area (Å²) < 4.78 is 37.0. The zero-order chi connectivity index (χ0) is 103. The van der Waals surface area contributed by atoms with Crippen molar-refractivity contribution in [3.63, 3.8) is 0 Å². The number of hydrogen-bond donors (Lipinski definition) is 13. The largest absolute Gasteiger partial charge is 0.490 e. The second-order valence-corrected chi connectivity index (χ2v) is 53.1. The first-order valence-electron chi connectivity index (χ1n) is 57.2. The minimum atomic E-state index is -1.20. The molecule has 0 saturated heterocycles. The topological polar surface area (TPSA) is 442 Å². The minimum absolute atomic E-state index is 0.00709. The maximum absolute atomic E-state index is 11.9. The molecule has 16 saturated carbocycles. The molecule has 4 aromatic rings. The summed E-state index contributed by atoms with van der Waals surface area (Å²) >= 11 is 0.964. The van der Waals surface area contributed by atoms with Crippen molar-refractivity contribution >= 4 is 35.4 Å². The summed E-state index contributed by atoms with van der Waals surface area (Å²) in [6.07, 6.45) is 41.7. The molecule has 13 N–H and O–H groups in total. The number of nitrogens with zero attached hydrogens (tertiary/aromatic N) is 4. The Balaban J connectivity index is 0.000000132. The van der Waals surface area contributed by atoms with Crippen LogP contribution in [-0.2, 0) is 0 Å². The van der Waals surface area contributed by atoms with Gasteiger partial charge in [0.2, 0.25) is 0 Å². The Morgan fingerprint density at radius 3 is 0.986 bits per heavy atom. The van der Waals surface area contributed by atoms with Gasteiger partial charge in [0.25, 0.3) is 5.76 Å². The molecule has 0 aliphatic heterocycles. The van der Waals surface area contributed by atoms with Crippen LogP contribution in [0.15, 0.2) is 33.7 Å².